The van der Waals surface area contributed by atoms with Gasteiger partial charge in [0, 0.05) is 17.1 Å². The summed E-state index contributed by atoms with van der Waals surface area (Å²) in [6, 6.07) is 13.3. The summed E-state index contributed by atoms with van der Waals surface area (Å²) in [6.45, 7) is 6.02. The predicted octanol–water partition coefficient (Wildman–Crippen LogP) is 5.31. The fourth-order valence-electron chi connectivity index (χ4n) is 4.23. The van der Waals surface area contributed by atoms with E-state index < -0.39 is 6.04 Å². The number of nitrogens with zero attached hydrogens (tertiary/aromatic N) is 1. The standard InChI is InChI=1S/C26H33BrN2O3/c1-18-12-19(2)14-24(13-18)32-17-25(30)29(16-21-8-7-9-22(27)15-21)20(3)26(31)28-23-10-5-4-6-11-23/h7-9,12-15,20,23H,4-6,10-11,16-17H2,1-3H3,(H,28,31)/t20-/m1/s1. The number of carbonyl (C=O) groups is 2. The smallest absolute Gasteiger partial charge is 0.261 e. The monoisotopic (exact) mass is 500 g/mol. The normalized spacial score (nSPS) is 15.1. The van der Waals surface area contributed by atoms with Crippen molar-refractivity contribution in [1.82, 2.24) is 10.2 Å². The van der Waals surface area contributed by atoms with Gasteiger partial charge in [-0.05, 0) is 74.6 Å². The van der Waals surface area contributed by atoms with Crippen molar-refractivity contribution in [2.24, 2.45) is 0 Å². The van der Waals surface area contributed by atoms with E-state index in [2.05, 4.69) is 27.3 Å². The average Bonchev–Trinajstić information content (AvgIpc) is 2.75. The highest BCUT2D eigenvalue weighted by atomic mass is 79.9. The highest BCUT2D eigenvalue weighted by molar-refractivity contribution is 9.10. The van der Waals surface area contributed by atoms with Gasteiger partial charge < -0.3 is 15.0 Å². The number of hydrogen-bond donors (Lipinski definition) is 1. The highest BCUT2D eigenvalue weighted by Crippen LogP contribution is 2.20. The zero-order valence-corrected chi connectivity index (χ0v) is 20.8. The summed E-state index contributed by atoms with van der Waals surface area (Å²) in [7, 11) is 0. The number of rotatable bonds is 8. The number of hydrogen-bond acceptors (Lipinski definition) is 3. The van der Waals surface area contributed by atoms with Gasteiger partial charge in [-0.2, -0.15) is 0 Å². The van der Waals surface area contributed by atoms with Crippen LogP contribution in [0.25, 0.3) is 0 Å². The Bertz CT molecular complexity index is 920. The molecule has 1 aliphatic rings. The van der Waals surface area contributed by atoms with Crippen LogP contribution in [0.3, 0.4) is 0 Å². The quantitative estimate of drug-likeness (QED) is 0.534. The SMILES string of the molecule is Cc1cc(C)cc(OCC(=O)N(Cc2cccc(Br)c2)[C@H](C)C(=O)NC2CCCCC2)c1. The fraction of sp³-hybridized carbons (Fsp3) is 0.462. The van der Waals surface area contributed by atoms with E-state index in [1.54, 1.807) is 11.8 Å². The Kier molecular flexibility index (Phi) is 8.74. The molecule has 0 radical (unpaired) electrons. The average molecular weight is 501 g/mol. The van der Waals surface area contributed by atoms with Gasteiger partial charge in [-0.25, -0.2) is 0 Å². The second-order valence-electron chi connectivity index (χ2n) is 8.78. The van der Waals surface area contributed by atoms with Crippen LogP contribution in [0.15, 0.2) is 46.9 Å². The molecule has 0 bridgehead atoms. The molecule has 1 N–H and O–H groups in total. The summed E-state index contributed by atoms with van der Waals surface area (Å²) in [5, 5.41) is 3.16. The zero-order valence-electron chi connectivity index (χ0n) is 19.2. The number of aryl methyl sites for hydroxylation is 2. The largest absolute Gasteiger partial charge is 0.484 e. The van der Waals surface area contributed by atoms with Gasteiger partial charge in [-0.3, -0.25) is 9.59 Å². The van der Waals surface area contributed by atoms with Gasteiger partial charge in [-0.15, -0.1) is 0 Å². The van der Waals surface area contributed by atoms with Crippen molar-refractivity contribution in [2.45, 2.75) is 71.5 Å². The minimum absolute atomic E-state index is 0.105. The fourth-order valence-corrected chi connectivity index (χ4v) is 4.67. The van der Waals surface area contributed by atoms with E-state index >= 15 is 0 Å². The van der Waals surface area contributed by atoms with E-state index in [1.807, 2.05) is 50.2 Å². The molecular formula is C26H33BrN2O3. The summed E-state index contributed by atoms with van der Waals surface area (Å²) in [6.07, 6.45) is 5.53. The van der Waals surface area contributed by atoms with Gasteiger partial charge in [0.1, 0.15) is 11.8 Å². The van der Waals surface area contributed by atoms with Crippen LogP contribution in [0.1, 0.15) is 55.7 Å². The molecule has 5 nitrogen and oxygen atoms in total. The lowest BCUT2D eigenvalue weighted by Gasteiger charge is -2.31. The first-order valence-corrected chi connectivity index (χ1v) is 12.2. The van der Waals surface area contributed by atoms with Crippen LogP contribution in [-0.4, -0.2) is 35.4 Å². The van der Waals surface area contributed by atoms with Crippen LogP contribution >= 0.6 is 15.9 Å². The Morgan fingerprint density at radius 1 is 1.09 bits per heavy atom. The Morgan fingerprint density at radius 2 is 1.78 bits per heavy atom. The molecule has 6 heteroatoms. The van der Waals surface area contributed by atoms with Crippen LogP contribution in [0, 0.1) is 13.8 Å². The minimum atomic E-state index is -0.591. The number of amides is 2. The second kappa shape index (κ2) is 11.5. The van der Waals surface area contributed by atoms with Gasteiger partial charge in [0.2, 0.25) is 5.91 Å². The predicted molar refractivity (Wildman–Crippen MR) is 131 cm³/mol. The zero-order chi connectivity index (χ0) is 23.1. The maximum atomic E-state index is 13.2. The number of benzene rings is 2. The van der Waals surface area contributed by atoms with Crippen molar-refractivity contribution in [3.05, 3.63) is 63.6 Å². The topological polar surface area (TPSA) is 58.6 Å². The number of ether oxygens (including phenoxy) is 1. The molecule has 1 aliphatic carbocycles. The molecule has 0 unspecified atom stereocenters. The third-order valence-corrected chi connectivity index (χ3v) is 6.41. The van der Waals surface area contributed by atoms with Crippen molar-refractivity contribution in [3.8, 4) is 5.75 Å². The molecule has 0 aliphatic heterocycles. The first kappa shape index (κ1) is 24.3. The third-order valence-electron chi connectivity index (χ3n) is 5.92. The lowest BCUT2D eigenvalue weighted by molar-refractivity contribution is -0.142. The summed E-state index contributed by atoms with van der Waals surface area (Å²) in [4.78, 5) is 27.9. The van der Waals surface area contributed by atoms with E-state index in [1.165, 1.54) is 6.42 Å². The Labute approximate surface area is 199 Å². The molecule has 0 aromatic heterocycles. The number of halogens is 1. The van der Waals surface area contributed by atoms with Crippen LogP contribution < -0.4 is 10.1 Å². The maximum Gasteiger partial charge on any atom is 0.261 e. The Hall–Kier alpha value is -2.34. The molecule has 2 amide bonds. The van der Waals surface area contributed by atoms with Crippen molar-refractivity contribution in [2.75, 3.05) is 6.61 Å². The Morgan fingerprint density at radius 3 is 2.44 bits per heavy atom. The summed E-state index contributed by atoms with van der Waals surface area (Å²) in [5.41, 5.74) is 3.12. The number of carbonyl (C=O) groups excluding carboxylic acids is 2. The van der Waals surface area contributed by atoms with Gasteiger partial charge in [-0.1, -0.05) is 53.4 Å². The van der Waals surface area contributed by atoms with Crippen LogP contribution in [0.4, 0.5) is 0 Å². The second-order valence-corrected chi connectivity index (χ2v) is 9.70. The molecule has 1 fully saturated rings. The highest BCUT2D eigenvalue weighted by Gasteiger charge is 2.28. The first-order valence-electron chi connectivity index (χ1n) is 11.4. The van der Waals surface area contributed by atoms with E-state index in [0.29, 0.717) is 12.3 Å². The molecule has 0 spiro atoms. The van der Waals surface area contributed by atoms with Crippen molar-refractivity contribution in [1.29, 1.82) is 0 Å². The van der Waals surface area contributed by atoms with Crippen molar-refractivity contribution < 1.29 is 14.3 Å². The lowest BCUT2D eigenvalue weighted by atomic mass is 9.95. The number of nitrogens with one attached hydrogen (secondary N) is 1. The molecule has 0 saturated heterocycles. The lowest BCUT2D eigenvalue weighted by Crippen LogP contribution is -2.51. The van der Waals surface area contributed by atoms with Crippen molar-refractivity contribution in [3.63, 3.8) is 0 Å². The van der Waals surface area contributed by atoms with Crippen LogP contribution in [0.5, 0.6) is 5.75 Å². The van der Waals surface area contributed by atoms with Gasteiger partial charge in [0.25, 0.3) is 5.91 Å². The van der Waals surface area contributed by atoms with Crippen LogP contribution in [-0.2, 0) is 16.1 Å². The Balaban J connectivity index is 1.72. The molecule has 32 heavy (non-hydrogen) atoms. The first-order chi connectivity index (χ1) is 15.3. The molecule has 2 aromatic rings. The van der Waals surface area contributed by atoms with Crippen molar-refractivity contribution >= 4 is 27.7 Å². The van der Waals surface area contributed by atoms with Crippen LogP contribution in [0.2, 0.25) is 0 Å². The molecule has 1 saturated carbocycles. The summed E-state index contributed by atoms with van der Waals surface area (Å²) in [5.74, 6) is 0.347. The molecule has 1 atom stereocenters. The summed E-state index contributed by atoms with van der Waals surface area (Å²) >= 11 is 3.49. The maximum absolute atomic E-state index is 13.2. The minimum Gasteiger partial charge on any atom is -0.484 e. The summed E-state index contributed by atoms with van der Waals surface area (Å²) < 4.78 is 6.76. The van der Waals surface area contributed by atoms with E-state index in [0.717, 1.165) is 46.8 Å². The third kappa shape index (κ3) is 7.09. The molecular weight excluding hydrogens is 468 g/mol. The molecule has 172 valence electrons. The van der Waals surface area contributed by atoms with E-state index in [9.17, 15) is 9.59 Å². The van der Waals surface area contributed by atoms with E-state index in [-0.39, 0.29) is 24.5 Å². The molecule has 3 rings (SSSR count). The van der Waals surface area contributed by atoms with Gasteiger partial charge in [0.15, 0.2) is 6.61 Å². The van der Waals surface area contributed by atoms with Gasteiger partial charge in [0.05, 0.1) is 0 Å². The van der Waals surface area contributed by atoms with E-state index in [4.69, 9.17) is 4.74 Å². The molecule has 2 aromatic carbocycles. The van der Waals surface area contributed by atoms with Gasteiger partial charge >= 0.3 is 0 Å². The molecule has 0 heterocycles.